The molecule has 1 saturated heterocycles. The van der Waals surface area contributed by atoms with Gasteiger partial charge in [-0.05, 0) is 49.9 Å². The Morgan fingerprint density at radius 2 is 1.88 bits per heavy atom. The largest absolute Gasteiger partial charge is 0.381 e. The summed E-state index contributed by atoms with van der Waals surface area (Å²) in [5, 5.41) is 14.8. The highest BCUT2D eigenvalue weighted by atomic mass is 16.6. The van der Waals surface area contributed by atoms with E-state index in [1.165, 1.54) is 11.1 Å². The maximum atomic E-state index is 11.5. The second kappa shape index (κ2) is 6.91. The zero-order valence-corrected chi connectivity index (χ0v) is 14.2. The second-order valence-corrected chi connectivity index (χ2v) is 6.45. The van der Waals surface area contributed by atoms with Crippen LogP contribution in [-0.4, -0.2) is 18.0 Å². The quantitative estimate of drug-likeness (QED) is 0.653. The van der Waals surface area contributed by atoms with Crippen molar-refractivity contribution in [1.29, 1.82) is 0 Å². The predicted octanol–water partition coefficient (Wildman–Crippen LogP) is 4.42. The molecule has 0 spiro atoms. The van der Waals surface area contributed by atoms with Gasteiger partial charge in [-0.1, -0.05) is 23.8 Å². The zero-order valence-electron chi connectivity index (χ0n) is 14.2. The summed E-state index contributed by atoms with van der Waals surface area (Å²) in [5.41, 5.74) is 5.34. The van der Waals surface area contributed by atoms with Gasteiger partial charge in [-0.2, -0.15) is 0 Å². The van der Waals surface area contributed by atoms with E-state index in [-0.39, 0.29) is 10.6 Å². The van der Waals surface area contributed by atoms with Crippen molar-refractivity contribution in [2.45, 2.75) is 33.2 Å². The molecule has 0 saturated carbocycles. The lowest BCUT2D eigenvalue weighted by Crippen LogP contribution is -2.19. The van der Waals surface area contributed by atoms with Gasteiger partial charge in [0.05, 0.1) is 4.92 Å². The van der Waals surface area contributed by atoms with Crippen molar-refractivity contribution in [1.82, 2.24) is 0 Å². The van der Waals surface area contributed by atoms with E-state index in [2.05, 4.69) is 42.3 Å². The number of benzene rings is 2. The molecule has 1 heterocycles. The molecule has 1 fully saturated rings. The molecule has 0 aliphatic carbocycles. The fraction of sp³-hybridized carbons (Fsp3) is 0.368. The number of rotatable bonds is 5. The molecular formula is C19H23N3O2. The first kappa shape index (κ1) is 16.3. The number of nitro groups is 1. The third-order valence-corrected chi connectivity index (χ3v) is 4.55. The Morgan fingerprint density at radius 1 is 1.12 bits per heavy atom. The van der Waals surface area contributed by atoms with E-state index in [0.717, 1.165) is 42.9 Å². The number of hydrogen-bond donors (Lipinski definition) is 1. The molecule has 0 bridgehead atoms. The van der Waals surface area contributed by atoms with Gasteiger partial charge in [0.2, 0.25) is 0 Å². The third kappa shape index (κ3) is 3.50. The van der Waals surface area contributed by atoms with Gasteiger partial charge >= 0.3 is 0 Å². The lowest BCUT2D eigenvalue weighted by atomic mass is 10.1. The lowest BCUT2D eigenvalue weighted by Gasteiger charge is -2.18. The van der Waals surface area contributed by atoms with Crippen LogP contribution in [0.3, 0.4) is 0 Å². The van der Waals surface area contributed by atoms with E-state index in [4.69, 9.17) is 0 Å². The molecule has 0 unspecified atom stereocenters. The fourth-order valence-corrected chi connectivity index (χ4v) is 3.26. The molecule has 1 aliphatic rings. The number of hydrogen-bond acceptors (Lipinski definition) is 4. The molecule has 126 valence electrons. The summed E-state index contributed by atoms with van der Waals surface area (Å²) < 4.78 is 0. The van der Waals surface area contributed by atoms with Gasteiger partial charge in [-0.15, -0.1) is 0 Å². The summed E-state index contributed by atoms with van der Waals surface area (Å²) >= 11 is 0. The Bertz CT molecular complexity index is 752. The molecule has 0 atom stereocenters. The Kier molecular flexibility index (Phi) is 4.69. The molecule has 0 radical (unpaired) electrons. The number of aryl methyl sites for hydroxylation is 2. The summed E-state index contributed by atoms with van der Waals surface area (Å²) in [6.07, 6.45) is 2.21. The van der Waals surface area contributed by atoms with Crippen molar-refractivity contribution >= 4 is 17.1 Å². The number of nitro benzene ring substituents is 1. The molecule has 3 rings (SSSR count). The maximum Gasteiger partial charge on any atom is 0.292 e. The normalized spacial score (nSPS) is 14.0. The summed E-state index contributed by atoms with van der Waals surface area (Å²) in [6.45, 7) is 6.51. The SMILES string of the molecule is Cc1ccc(NCc2ccc(N3CCCC3)c([N+](=O)[O-])c2)c(C)c1. The van der Waals surface area contributed by atoms with Gasteiger partial charge in [-0.3, -0.25) is 10.1 Å². The van der Waals surface area contributed by atoms with Crippen molar-refractivity contribution in [3.63, 3.8) is 0 Å². The van der Waals surface area contributed by atoms with Crippen LogP contribution < -0.4 is 10.2 Å². The Labute approximate surface area is 142 Å². The van der Waals surface area contributed by atoms with Crippen LogP contribution in [0.4, 0.5) is 17.1 Å². The van der Waals surface area contributed by atoms with E-state index in [0.29, 0.717) is 6.54 Å². The van der Waals surface area contributed by atoms with Crippen LogP contribution >= 0.6 is 0 Å². The van der Waals surface area contributed by atoms with Crippen LogP contribution in [0.5, 0.6) is 0 Å². The number of anilines is 2. The molecule has 2 aromatic carbocycles. The second-order valence-electron chi connectivity index (χ2n) is 6.45. The Morgan fingerprint density at radius 3 is 2.54 bits per heavy atom. The first-order chi connectivity index (χ1) is 11.5. The van der Waals surface area contributed by atoms with Crippen LogP contribution in [0.15, 0.2) is 36.4 Å². The van der Waals surface area contributed by atoms with Gasteiger partial charge in [0, 0.05) is 31.4 Å². The highest BCUT2D eigenvalue weighted by Crippen LogP contribution is 2.32. The van der Waals surface area contributed by atoms with Gasteiger partial charge < -0.3 is 10.2 Å². The van der Waals surface area contributed by atoms with Crippen LogP contribution in [0.1, 0.15) is 29.5 Å². The summed E-state index contributed by atoms with van der Waals surface area (Å²) in [7, 11) is 0. The van der Waals surface area contributed by atoms with Gasteiger partial charge in [0.25, 0.3) is 5.69 Å². The average molecular weight is 325 g/mol. The van der Waals surface area contributed by atoms with Crippen LogP contribution in [0, 0.1) is 24.0 Å². The van der Waals surface area contributed by atoms with Crippen molar-refractivity contribution < 1.29 is 4.92 Å². The average Bonchev–Trinajstić information content (AvgIpc) is 3.08. The minimum atomic E-state index is -0.270. The standard InChI is InChI=1S/C19H23N3O2/c1-14-5-7-17(15(2)11-14)20-13-16-6-8-18(19(12-16)22(23)24)21-9-3-4-10-21/h5-8,11-12,20H,3-4,9-10,13H2,1-2H3. The van der Waals surface area contributed by atoms with E-state index in [9.17, 15) is 10.1 Å². The predicted molar refractivity (Wildman–Crippen MR) is 97.8 cm³/mol. The first-order valence-electron chi connectivity index (χ1n) is 8.38. The van der Waals surface area contributed by atoms with E-state index >= 15 is 0 Å². The van der Waals surface area contributed by atoms with Crippen molar-refractivity contribution in [3.8, 4) is 0 Å². The minimum Gasteiger partial charge on any atom is -0.381 e. The van der Waals surface area contributed by atoms with Gasteiger partial charge in [0.1, 0.15) is 5.69 Å². The smallest absolute Gasteiger partial charge is 0.292 e. The van der Waals surface area contributed by atoms with E-state index in [1.807, 2.05) is 12.1 Å². The van der Waals surface area contributed by atoms with Crippen LogP contribution in [0.25, 0.3) is 0 Å². The Balaban J connectivity index is 1.78. The first-order valence-corrected chi connectivity index (χ1v) is 8.38. The molecule has 2 aromatic rings. The van der Waals surface area contributed by atoms with Crippen molar-refractivity contribution in [2.24, 2.45) is 0 Å². The molecule has 24 heavy (non-hydrogen) atoms. The third-order valence-electron chi connectivity index (χ3n) is 4.55. The number of nitrogens with one attached hydrogen (secondary N) is 1. The Hall–Kier alpha value is -2.56. The summed E-state index contributed by atoms with van der Waals surface area (Å²) in [4.78, 5) is 13.3. The molecular weight excluding hydrogens is 302 g/mol. The zero-order chi connectivity index (χ0) is 17.1. The fourth-order valence-electron chi connectivity index (χ4n) is 3.26. The highest BCUT2D eigenvalue weighted by molar-refractivity contribution is 5.65. The maximum absolute atomic E-state index is 11.5. The monoisotopic (exact) mass is 325 g/mol. The summed E-state index contributed by atoms with van der Waals surface area (Å²) in [6, 6.07) is 11.8. The van der Waals surface area contributed by atoms with Gasteiger partial charge in [-0.25, -0.2) is 0 Å². The molecule has 0 amide bonds. The molecule has 5 nitrogen and oxygen atoms in total. The molecule has 0 aromatic heterocycles. The van der Waals surface area contributed by atoms with Crippen LogP contribution in [-0.2, 0) is 6.54 Å². The lowest BCUT2D eigenvalue weighted by molar-refractivity contribution is -0.384. The van der Waals surface area contributed by atoms with Crippen LogP contribution in [0.2, 0.25) is 0 Å². The summed E-state index contributed by atoms with van der Waals surface area (Å²) in [5.74, 6) is 0. The van der Waals surface area contributed by atoms with Crippen molar-refractivity contribution in [3.05, 3.63) is 63.2 Å². The topological polar surface area (TPSA) is 58.4 Å². The molecule has 1 N–H and O–H groups in total. The van der Waals surface area contributed by atoms with E-state index in [1.54, 1.807) is 6.07 Å². The molecule has 5 heteroatoms. The van der Waals surface area contributed by atoms with Crippen molar-refractivity contribution in [2.75, 3.05) is 23.3 Å². The van der Waals surface area contributed by atoms with E-state index < -0.39 is 0 Å². The van der Waals surface area contributed by atoms with Gasteiger partial charge in [0.15, 0.2) is 0 Å². The minimum absolute atomic E-state index is 0.205. The highest BCUT2D eigenvalue weighted by Gasteiger charge is 2.22. The molecule has 1 aliphatic heterocycles. The number of nitrogens with zero attached hydrogens (tertiary/aromatic N) is 2.